The number of ether oxygens (including phenoxy) is 1. The molecule has 0 bridgehead atoms. The molecular weight excluding hydrogens is 241 g/mol. The minimum Gasteiger partial charge on any atom is -0.465 e. The van der Waals surface area contributed by atoms with E-state index in [4.69, 9.17) is 0 Å². The molecule has 2 aromatic rings. The summed E-state index contributed by atoms with van der Waals surface area (Å²) in [4.78, 5) is 22.3. The van der Waals surface area contributed by atoms with Crippen molar-refractivity contribution in [2.75, 3.05) is 7.11 Å². The van der Waals surface area contributed by atoms with Gasteiger partial charge in [-0.2, -0.15) is 4.39 Å². The Balaban J connectivity index is 2.62. The second-order valence-corrected chi connectivity index (χ2v) is 3.37. The highest BCUT2D eigenvalue weighted by Crippen LogP contribution is 2.26. The summed E-state index contributed by atoms with van der Waals surface area (Å²) in [5, 5.41) is 3.54. The van der Waals surface area contributed by atoms with Crippen LogP contribution < -0.4 is 0 Å². The van der Waals surface area contributed by atoms with E-state index >= 15 is 0 Å². The summed E-state index contributed by atoms with van der Waals surface area (Å²) in [6.07, 6.45) is 0. The first kappa shape index (κ1) is 12.0. The van der Waals surface area contributed by atoms with Gasteiger partial charge < -0.3 is 9.26 Å². The van der Waals surface area contributed by atoms with Crippen LogP contribution in [0.4, 0.5) is 4.39 Å². The Labute approximate surface area is 101 Å². The van der Waals surface area contributed by atoms with Crippen LogP contribution in [0.15, 0.2) is 34.9 Å². The van der Waals surface area contributed by atoms with E-state index in [9.17, 15) is 14.0 Å². The number of methoxy groups -OCH3 is 1. The maximum absolute atomic E-state index is 12.7. The SMILES string of the molecule is COC(=O)c1c(-c2ccccc2)noc1C(=O)F. The van der Waals surface area contributed by atoms with Crippen LogP contribution in [0.1, 0.15) is 20.9 Å². The van der Waals surface area contributed by atoms with Crippen molar-refractivity contribution in [1.82, 2.24) is 5.16 Å². The summed E-state index contributed by atoms with van der Waals surface area (Å²) in [6.45, 7) is 0. The third-order valence-electron chi connectivity index (χ3n) is 2.31. The highest BCUT2D eigenvalue weighted by Gasteiger charge is 2.29. The van der Waals surface area contributed by atoms with Crippen LogP contribution in [-0.4, -0.2) is 24.3 Å². The van der Waals surface area contributed by atoms with Gasteiger partial charge in [-0.25, -0.2) is 4.79 Å². The molecule has 0 aliphatic carbocycles. The molecule has 0 saturated heterocycles. The van der Waals surface area contributed by atoms with E-state index in [-0.39, 0.29) is 11.3 Å². The molecule has 0 aliphatic rings. The lowest BCUT2D eigenvalue weighted by atomic mass is 10.1. The van der Waals surface area contributed by atoms with Crippen molar-refractivity contribution >= 4 is 12.0 Å². The maximum atomic E-state index is 12.7. The summed E-state index contributed by atoms with van der Waals surface area (Å²) in [6, 6.07) is 6.62. The van der Waals surface area contributed by atoms with Crippen molar-refractivity contribution in [2.24, 2.45) is 0 Å². The van der Waals surface area contributed by atoms with Crippen molar-refractivity contribution in [1.29, 1.82) is 0 Å². The number of rotatable bonds is 3. The van der Waals surface area contributed by atoms with Gasteiger partial charge in [-0.05, 0) is 0 Å². The van der Waals surface area contributed by atoms with Gasteiger partial charge in [0.15, 0.2) is 0 Å². The van der Waals surface area contributed by atoms with Crippen molar-refractivity contribution < 1.29 is 23.2 Å². The Kier molecular flexibility index (Phi) is 3.18. The molecule has 1 heterocycles. The fraction of sp³-hybridized carbons (Fsp3) is 0.0833. The van der Waals surface area contributed by atoms with Crippen LogP contribution in [0.3, 0.4) is 0 Å². The standard InChI is InChI=1S/C12H8FNO4/c1-17-12(16)8-9(7-5-3-2-4-6-7)14-18-10(8)11(13)15/h2-6H,1H3. The van der Waals surface area contributed by atoms with E-state index < -0.39 is 17.8 Å². The molecule has 1 aromatic carbocycles. The maximum Gasteiger partial charge on any atom is 0.370 e. The Morgan fingerprint density at radius 2 is 1.94 bits per heavy atom. The second kappa shape index (κ2) is 4.79. The average Bonchev–Trinajstić information content (AvgIpc) is 2.83. The summed E-state index contributed by atoms with van der Waals surface area (Å²) in [5.41, 5.74) is 0.286. The lowest BCUT2D eigenvalue weighted by Gasteiger charge is -1.99. The highest BCUT2D eigenvalue weighted by molar-refractivity contribution is 6.05. The molecule has 0 spiro atoms. The number of carbonyl (C=O) groups is 2. The van der Waals surface area contributed by atoms with Crippen molar-refractivity contribution in [2.45, 2.75) is 0 Å². The molecule has 6 heteroatoms. The van der Waals surface area contributed by atoms with Gasteiger partial charge in [-0.3, -0.25) is 4.79 Å². The van der Waals surface area contributed by atoms with E-state index in [1.165, 1.54) is 0 Å². The van der Waals surface area contributed by atoms with Crippen LogP contribution in [-0.2, 0) is 4.74 Å². The minimum atomic E-state index is -1.87. The molecule has 2 rings (SSSR count). The Morgan fingerprint density at radius 1 is 1.28 bits per heavy atom. The predicted octanol–water partition coefficient (Wildman–Crippen LogP) is 2.24. The smallest absolute Gasteiger partial charge is 0.370 e. The summed E-state index contributed by atoms with van der Waals surface area (Å²) in [7, 11) is 1.12. The normalized spacial score (nSPS) is 10.1. The zero-order chi connectivity index (χ0) is 13.1. The van der Waals surface area contributed by atoms with Gasteiger partial charge in [0.25, 0.3) is 5.76 Å². The molecule has 0 N–H and O–H groups in total. The quantitative estimate of drug-likeness (QED) is 0.616. The molecule has 0 radical (unpaired) electrons. The molecule has 1 aromatic heterocycles. The van der Waals surface area contributed by atoms with Gasteiger partial charge in [-0.1, -0.05) is 35.5 Å². The number of esters is 1. The second-order valence-electron chi connectivity index (χ2n) is 3.37. The number of nitrogens with zero attached hydrogens (tertiary/aromatic N) is 1. The molecule has 0 aliphatic heterocycles. The lowest BCUT2D eigenvalue weighted by Crippen LogP contribution is -2.06. The highest BCUT2D eigenvalue weighted by atomic mass is 19.1. The van der Waals surface area contributed by atoms with Crippen molar-refractivity contribution in [3.05, 3.63) is 41.7 Å². The zero-order valence-electron chi connectivity index (χ0n) is 9.34. The van der Waals surface area contributed by atoms with Crippen molar-refractivity contribution in [3.8, 4) is 11.3 Å². The number of benzene rings is 1. The Bertz CT molecular complexity index is 591. The first-order chi connectivity index (χ1) is 8.65. The van der Waals surface area contributed by atoms with Crippen LogP contribution in [0.5, 0.6) is 0 Å². The summed E-state index contributed by atoms with van der Waals surface area (Å²) in [5.74, 6) is -1.63. The number of carbonyl (C=O) groups excluding carboxylic acids is 2. The molecule has 0 amide bonds. The Morgan fingerprint density at radius 3 is 2.50 bits per heavy atom. The topological polar surface area (TPSA) is 69.4 Å². The van der Waals surface area contributed by atoms with E-state index in [1.54, 1.807) is 30.3 Å². The molecule has 18 heavy (non-hydrogen) atoms. The first-order valence-corrected chi connectivity index (χ1v) is 4.98. The summed E-state index contributed by atoms with van der Waals surface area (Å²) < 4.78 is 21.8. The number of halogens is 1. The molecule has 0 unspecified atom stereocenters. The molecular formula is C12H8FNO4. The van der Waals surface area contributed by atoms with Crippen LogP contribution in [0.25, 0.3) is 11.3 Å². The summed E-state index contributed by atoms with van der Waals surface area (Å²) >= 11 is 0. The third kappa shape index (κ3) is 2.00. The predicted molar refractivity (Wildman–Crippen MR) is 58.7 cm³/mol. The largest absolute Gasteiger partial charge is 0.465 e. The number of aromatic nitrogens is 1. The van der Waals surface area contributed by atoms with E-state index in [0.29, 0.717) is 5.56 Å². The van der Waals surface area contributed by atoms with Gasteiger partial charge in [0.1, 0.15) is 11.3 Å². The molecule has 0 atom stereocenters. The zero-order valence-corrected chi connectivity index (χ0v) is 9.34. The van der Waals surface area contributed by atoms with Crippen LogP contribution in [0.2, 0.25) is 0 Å². The fourth-order valence-electron chi connectivity index (χ4n) is 1.51. The van der Waals surface area contributed by atoms with Crippen molar-refractivity contribution in [3.63, 3.8) is 0 Å². The van der Waals surface area contributed by atoms with Gasteiger partial charge in [0.05, 0.1) is 7.11 Å². The van der Waals surface area contributed by atoms with Gasteiger partial charge in [0.2, 0.25) is 0 Å². The Hall–Kier alpha value is -2.50. The van der Waals surface area contributed by atoms with Crippen LogP contribution in [0, 0.1) is 0 Å². The lowest BCUT2D eigenvalue weighted by molar-refractivity contribution is 0.0589. The number of hydrogen-bond acceptors (Lipinski definition) is 5. The monoisotopic (exact) mass is 249 g/mol. The molecule has 0 saturated carbocycles. The fourth-order valence-corrected chi connectivity index (χ4v) is 1.51. The number of hydrogen-bond donors (Lipinski definition) is 0. The van der Waals surface area contributed by atoms with Gasteiger partial charge >= 0.3 is 12.0 Å². The van der Waals surface area contributed by atoms with Crippen LogP contribution >= 0.6 is 0 Å². The average molecular weight is 249 g/mol. The molecule has 0 fully saturated rings. The minimum absolute atomic E-state index is 0.0726. The molecule has 92 valence electrons. The first-order valence-electron chi connectivity index (χ1n) is 4.98. The third-order valence-corrected chi connectivity index (χ3v) is 2.31. The van der Waals surface area contributed by atoms with Gasteiger partial charge in [-0.15, -0.1) is 0 Å². The van der Waals surface area contributed by atoms with E-state index in [0.717, 1.165) is 7.11 Å². The van der Waals surface area contributed by atoms with E-state index in [1.807, 2.05) is 0 Å². The molecule has 5 nitrogen and oxygen atoms in total. The van der Waals surface area contributed by atoms with E-state index in [2.05, 4.69) is 14.4 Å². The van der Waals surface area contributed by atoms with Gasteiger partial charge in [0, 0.05) is 5.56 Å².